The molecule has 0 saturated carbocycles. The quantitative estimate of drug-likeness (QED) is 0.101. The average Bonchev–Trinajstić information content (AvgIpc) is 1.60. The highest BCUT2D eigenvalue weighted by molar-refractivity contribution is 7.26. The van der Waals surface area contributed by atoms with Gasteiger partial charge in [0.1, 0.15) is 44.7 Å². The number of thiophene rings is 2. The first-order valence-corrected chi connectivity index (χ1v) is 49.3. The van der Waals surface area contributed by atoms with Crippen molar-refractivity contribution in [3.63, 3.8) is 0 Å². The Morgan fingerprint density at radius 1 is 0.111 bits per heavy atom. The molecule has 13 nitrogen and oxygen atoms in total. The van der Waals surface area contributed by atoms with E-state index in [1.54, 1.807) is 22.7 Å². The van der Waals surface area contributed by atoms with E-state index in [-0.39, 0.29) is 0 Å². The molecule has 0 saturated heterocycles. The van der Waals surface area contributed by atoms with E-state index in [9.17, 15) is 0 Å². The van der Waals surface area contributed by atoms with Gasteiger partial charge in [-0.1, -0.05) is 340 Å². The summed E-state index contributed by atoms with van der Waals surface area (Å²) in [5.41, 5.74) is 25.9. The van der Waals surface area contributed by atoms with Crippen molar-refractivity contribution in [1.82, 2.24) is 44.9 Å². The lowest BCUT2D eigenvalue weighted by molar-refractivity contribution is 0.668. The number of hydrogen-bond acceptors (Lipinski definition) is 15. The minimum Gasteiger partial charge on any atom is -0.456 e. The molecule has 29 rings (SSSR count). The standard InChI is InChI=1S/2C45H27N3O2.C39H23N3S2/c1-3-11-28(12-4-1)32-23-33(29-13-5-2-6-14-29)25-34(24-32)45-47-43(30-19-21-37-35-15-7-9-17-39(35)49-41(37)26-30)46-44(48-45)31-20-22-38-36-16-8-10-18-40(36)50-42(38)27-31;1-2-9-28(10-3-1)29-17-19-30(20-18-29)31-11-8-12-32(25-31)43-46-44(33-21-23-37-35-13-4-6-15-39(35)49-41(37)26-33)48-45(47-43)34-22-24-38-36-14-5-7-16-40(36)50-42(38)27-34;1-2-9-24(10-3-1)25-11-8-12-26(21-25)37-40-38(27-17-19-31-29-13-4-6-15-33(29)43-35(31)22-27)42-39(41-37)28-18-20-32-30-14-5-7-16-34(30)44-36(32)23-28/h2*1-27H;1-23H. The van der Waals surface area contributed by atoms with E-state index in [4.69, 9.17) is 62.5 Å². The third kappa shape index (κ3) is 16.0. The van der Waals surface area contributed by atoms with Gasteiger partial charge in [0, 0.05) is 134 Å². The van der Waals surface area contributed by atoms with Gasteiger partial charge in [-0.05, 0) is 183 Å². The summed E-state index contributed by atoms with van der Waals surface area (Å²) >= 11 is 3.61. The zero-order valence-electron chi connectivity index (χ0n) is 76.9. The van der Waals surface area contributed by atoms with Crippen LogP contribution >= 0.6 is 22.7 Å². The van der Waals surface area contributed by atoms with Gasteiger partial charge in [-0.25, -0.2) is 44.9 Å². The monoisotopic (exact) mass is 1880 g/mol. The van der Waals surface area contributed by atoms with Crippen LogP contribution in [0.5, 0.6) is 0 Å². The molecule has 0 radical (unpaired) electrons. The molecule has 0 bridgehead atoms. The van der Waals surface area contributed by atoms with E-state index in [1.165, 1.54) is 51.5 Å². The molecule has 0 N–H and O–H groups in total. The summed E-state index contributed by atoms with van der Waals surface area (Å²) in [6, 6.07) is 161. The SMILES string of the molecule is c1ccc(-c2cc(-c3ccccc3)cc(-c3nc(-c4ccc5c(c4)oc4ccccc45)nc(-c4ccc5c(c4)oc4ccccc45)n3)c2)cc1.c1ccc(-c2ccc(-c3cccc(-c4nc(-c5ccc6c(c5)oc5ccccc56)nc(-c5ccc6c(c5)oc5ccccc56)n4)c3)cc2)cc1.c1ccc(-c2cccc(-c3nc(-c4ccc5c(c4)sc4ccccc45)nc(-c4ccc5c(c4)sc4ccccc45)n3)c2)cc1. The van der Waals surface area contributed by atoms with Crippen LogP contribution in [0.3, 0.4) is 0 Å². The highest BCUT2D eigenvalue weighted by Gasteiger charge is 2.24. The first-order chi connectivity index (χ1) is 71.2. The second kappa shape index (κ2) is 35.8. The van der Waals surface area contributed by atoms with Gasteiger partial charge in [0.25, 0.3) is 0 Å². The zero-order valence-corrected chi connectivity index (χ0v) is 78.6. The van der Waals surface area contributed by atoms with Crippen molar-refractivity contribution in [3.05, 3.63) is 467 Å². The van der Waals surface area contributed by atoms with Crippen LogP contribution in [0, 0.1) is 0 Å². The van der Waals surface area contributed by atoms with Crippen molar-refractivity contribution in [2.24, 2.45) is 0 Å². The summed E-state index contributed by atoms with van der Waals surface area (Å²) in [5.74, 6) is 5.42. The van der Waals surface area contributed by atoms with Crippen molar-refractivity contribution in [2.45, 2.75) is 0 Å². The molecule has 29 aromatic rings. The Morgan fingerprint density at radius 2 is 0.299 bits per heavy atom. The maximum Gasteiger partial charge on any atom is 0.164 e. The van der Waals surface area contributed by atoms with E-state index in [0.29, 0.717) is 52.4 Å². The van der Waals surface area contributed by atoms with Crippen molar-refractivity contribution >= 4 is 151 Å². The van der Waals surface area contributed by atoms with E-state index < -0.39 is 0 Å². The molecule has 20 aromatic carbocycles. The molecule has 674 valence electrons. The Morgan fingerprint density at radius 3 is 0.618 bits per heavy atom. The first kappa shape index (κ1) is 84.4. The predicted octanol–water partition coefficient (Wildman–Crippen LogP) is 35.3. The fourth-order valence-electron chi connectivity index (χ4n) is 19.6. The number of furan rings is 4. The molecule has 0 atom stereocenters. The molecule has 0 aliphatic carbocycles. The molecule has 9 heterocycles. The number of nitrogens with zero attached hydrogens (tertiary/aromatic N) is 9. The van der Waals surface area contributed by atoms with Crippen molar-refractivity contribution in [3.8, 4) is 158 Å². The lowest BCUT2D eigenvalue weighted by Gasteiger charge is -2.12. The summed E-state index contributed by atoms with van der Waals surface area (Å²) in [6.45, 7) is 0. The highest BCUT2D eigenvalue weighted by Crippen LogP contribution is 2.45. The number of para-hydroxylation sites is 4. The number of benzene rings is 20. The van der Waals surface area contributed by atoms with E-state index in [0.717, 1.165) is 182 Å². The van der Waals surface area contributed by atoms with Gasteiger partial charge in [-0.3, -0.25) is 0 Å². The van der Waals surface area contributed by atoms with Gasteiger partial charge in [-0.2, -0.15) is 0 Å². The van der Waals surface area contributed by atoms with Crippen molar-refractivity contribution in [1.29, 1.82) is 0 Å². The lowest BCUT2D eigenvalue weighted by Crippen LogP contribution is -2.00. The normalized spacial score (nSPS) is 11.6. The summed E-state index contributed by atoms with van der Waals surface area (Å²) in [6.07, 6.45) is 0. The second-order valence-corrected chi connectivity index (χ2v) is 37.9. The maximum atomic E-state index is 6.27. The molecule has 0 aliphatic heterocycles. The summed E-state index contributed by atoms with van der Waals surface area (Å²) < 4.78 is 30.0. The highest BCUT2D eigenvalue weighted by atomic mass is 32.1. The Kier molecular flexibility index (Phi) is 21.0. The van der Waals surface area contributed by atoms with Crippen LogP contribution in [0.15, 0.2) is 485 Å². The Hall–Kier alpha value is -18.9. The third-order valence-electron chi connectivity index (χ3n) is 26.8. The van der Waals surface area contributed by atoms with Gasteiger partial charge in [0.2, 0.25) is 0 Å². The van der Waals surface area contributed by atoms with Crippen LogP contribution in [0.2, 0.25) is 0 Å². The van der Waals surface area contributed by atoms with Gasteiger partial charge >= 0.3 is 0 Å². The Balaban J connectivity index is 0.000000108. The minimum absolute atomic E-state index is 0.559. The van der Waals surface area contributed by atoms with Crippen LogP contribution in [-0.2, 0) is 0 Å². The predicted molar refractivity (Wildman–Crippen MR) is 590 cm³/mol. The number of rotatable bonds is 14. The van der Waals surface area contributed by atoms with Crippen LogP contribution in [-0.4, -0.2) is 44.9 Å². The number of aromatic nitrogens is 9. The van der Waals surface area contributed by atoms with E-state index in [1.807, 2.05) is 121 Å². The molecule has 0 unspecified atom stereocenters. The fraction of sp³-hybridized carbons (Fsp3) is 0. The summed E-state index contributed by atoms with van der Waals surface area (Å²) in [7, 11) is 0. The van der Waals surface area contributed by atoms with Crippen molar-refractivity contribution < 1.29 is 17.7 Å². The molecule has 15 heteroatoms. The van der Waals surface area contributed by atoms with Gasteiger partial charge in [0.05, 0.1) is 0 Å². The fourth-order valence-corrected chi connectivity index (χ4v) is 21.9. The van der Waals surface area contributed by atoms with E-state index in [2.05, 4.69) is 346 Å². The molecular weight excluding hydrogens is 1800 g/mol. The zero-order chi connectivity index (χ0) is 95.1. The Bertz CT molecular complexity index is 9620. The number of hydrogen-bond donors (Lipinski definition) is 0. The molecule has 0 spiro atoms. The van der Waals surface area contributed by atoms with Crippen LogP contribution in [0.1, 0.15) is 0 Å². The lowest BCUT2D eigenvalue weighted by atomic mass is 9.96. The summed E-state index contributed by atoms with van der Waals surface area (Å²) in [5, 5.41) is 13.6. The number of fused-ring (bicyclic) bond motifs is 18. The van der Waals surface area contributed by atoms with Crippen LogP contribution in [0.25, 0.3) is 286 Å². The van der Waals surface area contributed by atoms with Gasteiger partial charge < -0.3 is 17.7 Å². The second-order valence-electron chi connectivity index (χ2n) is 35.8. The molecule has 144 heavy (non-hydrogen) atoms. The van der Waals surface area contributed by atoms with Crippen molar-refractivity contribution in [2.75, 3.05) is 0 Å². The molecule has 9 aromatic heterocycles. The van der Waals surface area contributed by atoms with Crippen LogP contribution in [0.4, 0.5) is 0 Å². The molecule has 0 aliphatic rings. The first-order valence-electron chi connectivity index (χ1n) is 47.7. The molecular formula is C129H77N9O4S2. The maximum absolute atomic E-state index is 6.27. The van der Waals surface area contributed by atoms with Crippen LogP contribution < -0.4 is 0 Å². The smallest absolute Gasteiger partial charge is 0.164 e. The van der Waals surface area contributed by atoms with Gasteiger partial charge in [0.15, 0.2) is 52.4 Å². The molecule has 0 fully saturated rings. The third-order valence-corrected chi connectivity index (χ3v) is 29.1. The minimum atomic E-state index is 0.559. The molecule has 0 amide bonds. The largest absolute Gasteiger partial charge is 0.456 e. The Labute approximate surface area is 832 Å². The van der Waals surface area contributed by atoms with Gasteiger partial charge in [-0.15, -0.1) is 22.7 Å². The summed E-state index contributed by atoms with van der Waals surface area (Å²) in [4.78, 5) is 45.7. The van der Waals surface area contributed by atoms with E-state index >= 15 is 0 Å². The average molecular weight is 1880 g/mol. The topological polar surface area (TPSA) is 169 Å².